The van der Waals surface area contributed by atoms with Gasteiger partial charge in [0.05, 0.1) is 25.2 Å². The molecule has 0 saturated carbocycles. The molecule has 0 atom stereocenters. The van der Waals surface area contributed by atoms with Gasteiger partial charge < -0.3 is 18.6 Å². The van der Waals surface area contributed by atoms with Crippen LogP contribution in [0, 0.1) is 0 Å². The van der Waals surface area contributed by atoms with Crippen LogP contribution in [-0.2, 0) is 0 Å². The number of rotatable bonds is 8. The van der Waals surface area contributed by atoms with Gasteiger partial charge in [-0.25, -0.2) is 4.79 Å². The lowest BCUT2D eigenvalue weighted by Gasteiger charge is -2.15. The van der Waals surface area contributed by atoms with E-state index in [0.717, 1.165) is 12.8 Å². The van der Waals surface area contributed by atoms with Crippen LogP contribution in [0.1, 0.15) is 33.6 Å². The minimum Gasteiger partial charge on any atom is -0.497 e. The van der Waals surface area contributed by atoms with Crippen molar-refractivity contribution < 1.29 is 18.6 Å². The first kappa shape index (κ1) is 17.9. The molecular formula is C19H24O5. The summed E-state index contributed by atoms with van der Waals surface area (Å²) >= 11 is 0. The Morgan fingerprint density at radius 1 is 1.21 bits per heavy atom. The second-order valence-electron chi connectivity index (χ2n) is 5.59. The van der Waals surface area contributed by atoms with E-state index >= 15 is 0 Å². The van der Waals surface area contributed by atoms with E-state index in [0.29, 0.717) is 29.1 Å². The lowest BCUT2D eigenvalue weighted by atomic mass is 10.2. The van der Waals surface area contributed by atoms with Gasteiger partial charge in [0.15, 0.2) is 5.75 Å². The largest absolute Gasteiger partial charge is 0.497 e. The minimum absolute atomic E-state index is 0.113. The van der Waals surface area contributed by atoms with Gasteiger partial charge in [0.25, 0.3) is 0 Å². The van der Waals surface area contributed by atoms with E-state index in [9.17, 15) is 4.79 Å². The summed E-state index contributed by atoms with van der Waals surface area (Å²) in [6, 6.07) is 5.27. The van der Waals surface area contributed by atoms with Crippen LogP contribution in [0.25, 0.3) is 11.0 Å². The predicted molar refractivity (Wildman–Crippen MR) is 94.3 cm³/mol. The zero-order valence-electron chi connectivity index (χ0n) is 14.6. The average molecular weight is 332 g/mol. The molecule has 2 aromatic rings. The van der Waals surface area contributed by atoms with Crippen molar-refractivity contribution in [3.05, 3.63) is 40.8 Å². The van der Waals surface area contributed by atoms with Crippen molar-refractivity contribution in [1.29, 1.82) is 0 Å². The number of hydrogen-bond donors (Lipinski definition) is 0. The number of allylic oxidation sites excluding steroid dienone is 1. The van der Waals surface area contributed by atoms with E-state index in [-0.39, 0.29) is 11.9 Å². The fraction of sp³-hybridized carbons (Fsp3) is 0.421. The SMILES string of the molecule is CCC=CCCOc1c(OC(C)C)c(=O)oc2cc(OC)ccc12. The van der Waals surface area contributed by atoms with Crippen LogP contribution in [0.15, 0.2) is 39.6 Å². The maximum absolute atomic E-state index is 12.3. The van der Waals surface area contributed by atoms with Gasteiger partial charge in [0.1, 0.15) is 11.3 Å². The van der Waals surface area contributed by atoms with Gasteiger partial charge >= 0.3 is 5.63 Å². The van der Waals surface area contributed by atoms with Crippen molar-refractivity contribution in [2.75, 3.05) is 13.7 Å². The van der Waals surface area contributed by atoms with Crippen LogP contribution in [0.2, 0.25) is 0 Å². The van der Waals surface area contributed by atoms with E-state index in [1.165, 1.54) is 0 Å². The molecule has 5 heteroatoms. The monoisotopic (exact) mass is 332 g/mol. The fourth-order valence-corrected chi connectivity index (χ4v) is 2.26. The van der Waals surface area contributed by atoms with E-state index in [1.54, 1.807) is 19.2 Å². The molecule has 0 fully saturated rings. The van der Waals surface area contributed by atoms with Crippen molar-refractivity contribution in [3.8, 4) is 17.2 Å². The first-order valence-corrected chi connectivity index (χ1v) is 8.16. The molecule has 130 valence electrons. The molecule has 1 aromatic carbocycles. The summed E-state index contributed by atoms with van der Waals surface area (Å²) in [4.78, 5) is 12.3. The van der Waals surface area contributed by atoms with Crippen LogP contribution < -0.4 is 19.8 Å². The molecule has 0 unspecified atom stereocenters. The lowest BCUT2D eigenvalue weighted by Crippen LogP contribution is -2.15. The topological polar surface area (TPSA) is 57.9 Å². The predicted octanol–water partition coefficient (Wildman–Crippen LogP) is 4.32. The van der Waals surface area contributed by atoms with Gasteiger partial charge in [-0.1, -0.05) is 19.1 Å². The normalized spacial score (nSPS) is 11.4. The van der Waals surface area contributed by atoms with Gasteiger partial charge in [-0.3, -0.25) is 0 Å². The molecule has 24 heavy (non-hydrogen) atoms. The zero-order chi connectivity index (χ0) is 17.5. The van der Waals surface area contributed by atoms with Crippen LogP contribution >= 0.6 is 0 Å². The summed E-state index contributed by atoms with van der Waals surface area (Å²) in [5.74, 6) is 1.14. The van der Waals surface area contributed by atoms with Crippen molar-refractivity contribution in [2.24, 2.45) is 0 Å². The Kier molecular flexibility index (Phi) is 6.29. The highest BCUT2D eigenvalue weighted by Gasteiger charge is 2.19. The molecule has 0 aliphatic heterocycles. The minimum atomic E-state index is -0.552. The Labute approximate surface area is 141 Å². The molecule has 1 aromatic heterocycles. The van der Waals surface area contributed by atoms with Crippen molar-refractivity contribution in [2.45, 2.75) is 39.7 Å². The van der Waals surface area contributed by atoms with Gasteiger partial charge in [-0.15, -0.1) is 0 Å². The van der Waals surface area contributed by atoms with Crippen LogP contribution in [0.4, 0.5) is 0 Å². The summed E-state index contributed by atoms with van der Waals surface area (Å²) in [6.45, 7) is 6.24. The molecule has 1 heterocycles. The molecule has 0 aliphatic carbocycles. The molecule has 5 nitrogen and oxygen atoms in total. The van der Waals surface area contributed by atoms with Crippen LogP contribution in [-0.4, -0.2) is 19.8 Å². The summed E-state index contributed by atoms with van der Waals surface area (Å²) in [7, 11) is 1.56. The molecule has 0 spiro atoms. The van der Waals surface area contributed by atoms with E-state index in [1.807, 2.05) is 19.9 Å². The van der Waals surface area contributed by atoms with E-state index in [2.05, 4.69) is 19.1 Å². The van der Waals surface area contributed by atoms with Gasteiger partial charge in [-0.2, -0.15) is 0 Å². The highest BCUT2D eigenvalue weighted by Crippen LogP contribution is 2.35. The van der Waals surface area contributed by atoms with Gasteiger partial charge in [0.2, 0.25) is 5.75 Å². The Balaban J connectivity index is 2.44. The van der Waals surface area contributed by atoms with E-state index < -0.39 is 5.63 Å². The summed E-state index contributed by atoms with van der Waals surface area (Å²) < 4.78 is 22.1. The van der Waals surface area contributed by atoms with Crippen molar-refractivity contribution in [1.82, 2.24) is 0 Å². The first-order chi connectivity index (χ1) is 11.6. The molecule has 2 rings (SSSR count). The number of fused-ring (bicyclic) bond motifs is 1. The summed E-state index contributed by atoms with van der Waals surface area (Å²) in [6.07, 6.45) is 5.72. The van der Waals surface area contributed by atoms with Crippen molar-refractivity contribution >= 4 is 11.0 Å². The second-order valence-corrected chi connectivity index (χ2v) is 5.59. The quantitative estimate of drug-likeness (QED) is 0.409. The third-order valence-corrected chi connectivity index (χ3v) is 3.31. The van der Waals surface area contributed by atoms with Crippen LogP contribution in [0.3, 0.4) is 0 Å². The first-order valence-electron chi connectivity index (χ1n) is 8.16. The molecule has 0 radical (unpaired) electrons. The lowest BCUT2D eigenvalue weighted by molar-refractivity contribution is 0.213. The highest BCUT2D eigenvalue weighted by atomic mass is 16.5. The maximum Gasteiger partial charge on any atom is 0.383 e. The smallest absolute Gasteiger partial charge is 0.383 e. The average Bonchev–Trinajstić information content (AvgIpc) is 2.56. The summed E-state index contributed by atoms with van der Waals surface area (Å²) in [5.41, 5.74) is -0.141. The molecule has 0 N–H and O–H groups in total. The Morgan fingerprint density at radius 2 is 2.00 bits per heavy atom. The number of methoxy groups -OCH3 is 1. The molecule has 0 saturated heterocycles. The fourth-order valence-electron chi connectivity index (χ4n) is 2.26. The van der Waals surface area contributed by atoms with Crippen LogP contribution in [0.5, 0.6) is 17.2 Å². The second kappa shape index (κ2) is 8.43. The Hall–Kier alpha value is -2.43. The highest BCUT2D eigenvalue weighted by molar-refractivity contribution is 5.86. The Morgan fingerprint density at radius 3 is 2.67 bits per heavy atom. The standard InChI is InChI=1S/C19H24O5/c1-5-6-7-8-11-22-17-15-10-9-14(21-4)12-16(15)24-19(20)18(17)23-13(2)3/h6-7,9-10,12-13H,5,8,11H2,1-4H3. The molecular weight excluding hydrogens is 308 g/mol. The van der Waals surface area contributed by atoms with E-state index in [4.69, 9.17) is 18.6 Å². The summed E-state index contributed by atoms with van der Waals surface area (Å²) in [5, 5.41) is 0.686. The maximum atomic E-state index is 12.3. The van der Waals surface area contributed by atoms with Gasteiger partial charge in [-0.05, 0) is 38.8 Å². The third-order valence-electron chi connectivity index (χ3n) is 3.31. The third kappa shape index (κ3) is 4.31. The Bertz CT molecular complexity index is 758. The number of ether oxygens (including phenoxy) is 3. The molecule has 0 aliphatic rings. The van der Waals surface area contributed by atoms with Gasteiger partial charge in [0, 0.05) is 6.07 Å². The molecule has 0 amide bonds. The number of hydrogen-bond acceptors (Lipinski definition) is 5. The number of benzene rings is 1. The van der Waals surface area contributed by atoms with Crippen molar-refractivity contribution in [3.63, 3.8) is 0 Å². The molecule has 0 bridgehead atoms. The zero-order valence-corrected chi connectivity index (χ0v) is 14.6.